The van der Waals surface area contributed by atoms with Crippen molar-refractivity contribution in [3.8, 4) is 5.75 Å². The van der Waals surface area contributed by atoms with E-state index in [1.807, 2.05) is 50.3 Å². The molecule has 1 aromatic rings. The molecule has 0 aromatic heterocycles. The van der Waals surface area contributed by atoms with Crippen LogP contribution in [0.3, 0.4) is 0 Å². The zero-order valence-electron chi connectivity index (χ0n) is 10.8. The molecule has 1 rings (SSSR count). The molecule has 1 amide bonds. The minimum atomic E-state index is -0.112. The van der Waals surface area contributed by atoms with Gasteiger partial charge in [0.15, 0.2) is 0 Å². The average molecular weight is 245 g/mol. The first-order valence-electron chi connectivity index (χ1n) is 6.05. The monoisotopic (exact) mass is 245 g/mol. The molecule has 0 atom stereocenters. The number of benzene rings is 1. The molecule has 1 aromatic carbocycles. The molecule has 0 aliphatic rings. The number of hydrogen-bond donors (Lipinski definition) is 1. The zero-order chi connectivity index (χ0) is 13.2. The molecule has 0 spiro atoms. The largest absolute Gasteiger partial charge is 0.494 e. The predicted octanol–water partition coefficient (Wildman–Crippen LogP) is 2.83. The fourth-order valence-corrected chi connectivity index (χ4v) is 1.44. The molecule has 0 bridgehead atoms. The molecule has 3 nitrogen and oxygen atoms in total. The summed E-state index contributed by atoms with van der Waals surface area (Å²) >= 11 is 0. The van der Waals surface area contributed by atoms with Gasteiger partial charge in [-0.25, -0.2) is 0 Å². The van der Waals surface area contributed by atoms with Crippen LogP contribution in [-0.4, -0.2) is 12.5 Å². The van der Waals surface area contributed by atoms with Crippen molar-refractivity contribution < 1.29 is 9.53 Å². The highest BCUT2D eigenvalue weighted by molar-refractivity contribution is 5.87. The number of para-hydroxylation sites is 1. The Morgan fingerprint density at radius 2 is 2.11 bits per heavy atom. The Labute approximate surface area is 108 Å². The number of carbonyl (C=O) groups is 1. The smallest absolute Gasteiger partial charge is 0.244 e. The van der Waals surface area contributed by atoms with Crippen LogP contribution in [-0.2, 0) is 11.3 Å². The minimum Gasteiger partial charge on any atom is -0.494 e. The first-order valence-corrected chi connectivity index (χ1v) is 6.05. The van der Waals surface area contributed by atoms with Crippen molar-refractivity contribution >= 4 is 5.91 Å². The molecule has 1 N–H and O–H groups in total. The molecule has 0 unspecified atom stereocenters. The summed E-state index contributed by atoms with van der Waals surface area (Å²) in [4.78, 5) is 11.5. The van der Waals surface area contributed by atoms with Gasteiger partial charge in [-0.1, -0.05) is 36.4 Å². The molecule has 3 heteroatoms. The van der Waals surface area contributed by atoms with Crippen LogP contribution in [0.15, 0.2) is 48.6 Å². The van der Waals surface area contributed by atoms with Gasteiger partial charge in [0.25, 0.3) is 0 Å². The van der Waals surface area contributed by atoms with Crippen LogP contribution < -0.4 is 10.1 Å². The summed E-state index contributed by atoms with van der Waals surface area (Å²) in [6.07, 6.45) is 6.90. The molecule has 96 valence electrons. The maximum Gasteiger partial charge on any atom is 0.244 e. The maximum atomic E-state index is 11.5. The summed E-state index contributed by atoms with van der Waals surface area (Å²) in [5.74, 6) is 0.706. The van der Waals surface area contributed by atoms with Gasteiger partial charge in [0.2, 0.25) is 5.91 Å². The molecule has 0 aliphatic carbocycles. The highest BCUT2D eigenvalue weighted by atomic mass is 16.5. The molecule has 0 fully saturated rings. The highest BCUT2D eigenvalue weighted by Gasteiger charge is 2.02. The third-order valence-electron chi connectivity index (χ3n) is 2.28. The number of hydrogen-bond acceptors (Lipinski definition) is 2. The van der Waals surface area contributed by atoms with Crippen LogP contribution in [0.5, 0.6) is 5.75 Å². The number of ether oxygens (including phenoxy) is 1. The van der Waals surface area contributed by atoms with E-state index in [9.17, 15) is 4.79 Å². The van der Waals surface area contributed by atoms with Gasteiger partial charge in [-0.05, 0) is 19.9 Å². The Hall–Kier alpha value is -2.03. The van der Waals surface area contributed by atoms with Crippen LogP contribution in [0.1, 0.15) is 19.4 Å². The molecule has 18 heavy (non-hydrogen) atoms. The van der Waals surface area contributed by atoms with Gasteiger partial charge >= 0.3 is 0 Å². The van der Waals surface area contributed by atoms with Gasteiger partial charge in [0.1, 0.15) is 5.75 Å². The summed E-state index contributed by atoms with van der Waals surface area (Å²) in [6.45, 7) is 4.93. The normalized spacial score (nSPS) is 11.0. The molecular weight excluding hydrogens is 226 g/mol. The number of carbonyl (C=O) groups excluding carboxylic acids is 1. The summed E-state index contributed by atoms with van der Waals surface area (Å²) in [6, 6.07) is 7.70. The van der Waals surface area contributed by atoms with Crippen molar-refractivity contribution in [3.63, 3.8) is 0 Å². The third-order valence-corrected chi connectivity index (χ3v) is 2.28. The van der Waals surface area contributed by atoms with Crippen LogP contribution in [0, 0.1) is 0 Å². The van der Waals surface area contributed by atoms with Gasteiger partial charge in [0, 0.05) is 18.2 Å². The highest BCUT2D eigenvalue weighted by Crippen LogP contribution is 2.17. The van der Waals surface area contributed by atoms with Gasteiger partial charge in [0.05, 0.1) is 6.61 Å². The van der Waals surface area contributed by atoms with Crippen molar-refractivity contribution in [1.29, 1.82) is 0 Å². The lowest BCUT2D eigenvalue weighted by Crippen LogP contribution is -2.20. The van der Waals surface area contributed by atoms with Gasteiger partial charge < -0.3 is 10.1 Å². The zero-order valence-corrected chi connectivity index (χ0v) is 10.8. The van der Waals surface area contributed by atoms with E-state index in [1.54, 1.807) is 6.08 Å². The minimum absolute atomic E-state index is 0.112. The van der Waals surface area contributed by atoms with E-state index in [0.29, 0.717) is 13.2 Å². The summed E-state index contributed by atoms with van der Waals surface area (Å²) < 4.78 is 5.49. The van der Waals surface area contributed by atoms with Gasteiger partial charge in [-0.15, -0.1) is 0 Å². The fourth-order valence-electron chi connectivity index (χ4n) is 1.44. The summed E-state index contributed by atoms with van der Waals surface area (Å²) in [7, 11) is 0. The maximum absolute atomic E-state index is 11.5. The van der Waals surface area contributed by atoms with Crippen molar-refractivity contribution in [3.05, 3.63) is 54.1 Å². The lowest BCUT2D eigenvalue weighted by atomic mass is 10.2. The molecule has 0 saturated heterocycles. The quantitative estimate of drug-likeness (QED) is 0.618. The standard InChI is InChI=1S/C15H19NO2/c1-3-5-6-11-15(17)16-12-13-9-7-8-10-14(13)18-4-2/h3,5-11H,4,12H2,1-2H3,(H,16,17)/b5-3+,11-6+. The van der Waals surface area contributed by atoms with E-state index in [-0.39, 0.29) is 5.91 Å². The first kappa shape index (κ1) is 14.0. The fraction of sp³-hybridized carbons (Fsp3) is 0.267. The topological polar surface area (TPSA) is 38.3 Å². The number of rotatable bonds is 6. The molecule has 0 saturated carbocycles. The Balaban J connectivity index is 2.55. The van der Waals surface area contributed by atoms with E-state index < -0.39 is 0 Å². The van der Waals surface area contributed by atoms with Crippen LogP contribution >= 0.6 is 0 Å². The SMILES string of the molecule is C/C=C/C=C/C(=O)NCc1ccccc1OCC. The van der Waals surface area contributed by atoms with Crippen molar-refractivity contribution in [2.75, 3.05) is 6.61 Å². The second-order valence-corrected chi connectivity index (χ2v) is 3.64. The predicted molar refractivity (Wildman–Crippen MR) is 73.4 cm³/mol. The van der Waals surface area contributed by atoms with Crippen molar-refractivity contribution in [2.45, 2.75) is 20.4 Å². The number of allylic oxidation sites excluding steroid dienone is 3. The van der Waals surface area contributed by atoms with Crippen LogP contribution in [0.4, 0.5) is 0 Å². The Morgan fingerprint density at radius 3 is 2.83 bits per heavy atom. The Kier molecular flexibility index (Phi) is 6.33. The lowest BCUT2D eigenvalue weighted by Gasteiger charge is -2.09. The van der Waals surface area contributed by atoms with Crippen LogP contribution in [0.2, 0.25) is 0 Å². The van der Waals surface area contributed by atoms with E-state index in [0.717, 1.165) is 11.3 Å². The Bertz CT molecular complexity index is 436. The molecule has 0 radical (unpaired) electrons. The Morgan fingerprint density at radius 1 is 1.33 bits per heavy atom. The van der Waals surface area contributed by atoms with Crippen molar-refractivity contribution in [1.82, 2.24) is 5.32 Å². The second kappa shape index (κ2) is 8.12. The van der Waals surface area contributed by atoms with E-state index in [1.165, 1.54) is 6.08 Å². The molecule has 0 aliphatic heterocycles. The average Bonchev–Trinajstić information content (AvgIpc) is 2.38. The molecular formula is C15H19NO2. The van der Waals surface area contributed by atoms with E-state index in [4.69, 9.17) is 4.74 Å². The molecule has 0 heterocycles. The van der Waals surface area contributed by atoms with Gasteiger partial charge in [-0.2, -0.15) is 0 Å². The summed E-state index contributed by atoms with van der Waals surface area (Å²) in [5, 5.41) is 2.82. The second-order valence-electron chi connectivity index (χ2n) is 3.64. The third kappa shape index (κ3) is 4.87. The lowest BCUT2D eigenvalue weighted by molar-refractivity contribution is -0.116. The van der Waals surface area contributed by atoms with Gasteiger partial charge in [-0.3, -0.25) is 4.79 Å². The van der Waals surface area contributed by atoms with E-state index in [2.05, 4.69) is 5.32 Å². The number of amides is 1. The first-order chi connectivity index (χ1) is 8.77. The van der Waals surface area contributed by atoms with E-state index >= 15 is 0 Å². The van der Waals surface area contributed by atoms with Crippen molar-refractivity contribution in [2.24, 2.45) is 0 Å². The number of nitrogens with one attached hydrogen (secondary N) is 1. The van der Waals surface area contributed by atoms with Crippen LogP contribution in [0.25, 0.3) is 0 Å². The summed E-state index contributed by atoms with van der Waals surface area (Å²) in [5.41, 5.74) is 0.979.